The third-order valence-corrected chi connectivity index (χ3v) is 3.57. The fraction of sp³-hybridized carbons (Fsp3) is 0.533. The number of halogens is 1. The molecule has 122 valence electrons. The Morgan fingerprint density at radius 2 is 2.14 bits per heavy atom. The molecule has 1 amide bonds. The number of nitro groups is 1. The van der Waals surface area contributed by atoms with Crippen LogP contribution in [-0.4, -0.2) is 35.9 Å². The van der Waals surface area contributed by atoms with Gasteiger partial charge in [-0.3, -0.25) is 19.8 Å². The largest absolute Gasteiger partial charge is 0.355 e. The molecule has 7 heteroatoms. The number of carbonyl (C=O) groups is 1. The van der Waals surface area contributed by atoms with Crippen molar-refractivity contribution in [1.29, 1.82) is 0 Å². The second-order valence-corrected chi connectivity index (χ2v) is 5.67. The molecule has 0 aliphatic heterocycles. The number of hydrogen-bond acceptors (Lipinski definition) is 4. The van der Waals surface area contributed by atoms with Gasteiger partial charge in [-0.2, -0.15) is 0 Å². The Labute approximate surface area is 135 Å². The molecular formula is C15H22ClN3O3. The molecule has 22 heavy (non-hydrogen) atoms. The second kappa shape index (κ2) is 9.38. The molecule has 0 atom stereocenters. The molecule has 1 rings (SSSR count). The Hall–Kier alpha value is -1.66. The van der Waals surface area contributed by atoms with Crippen molar-refractivity contribution in [2.75, 3.05) is 20.1 Å². The second-order valence-electron chi connectivity index (χ2n) is 5.26. The van der Waals surface area contributed by atoms with E-state index in [2.05, 4.69) is 12.2 Å². The van der Waals surface area contributed by atoms with Crippen molar-refractivity contribution in [3.8, 4) is 0 Å². The van der Waals surface area contributed by atoms with Crippen molar-refractivity contribution in [2.24, 2.45) is 0 Å². The SMILES string of the molecule is CCCCCNC(=O)CN(C)Cc1cc([N+](=O)[O-])ccc1Cl. The summed E-state index contributed by atoms with van der Waals surface area (Å²) in [5.74, 6) is -0.0554. The highest BCUT2D eigenvalue weighted by Crippen LogP contribution is 2.22. The van der Waals surface area contributed by atoms with Crippen LogP contribution in [0.4, 0.5) is 5.69 Å². The van der Waals surface area contributed by atoms with Crippen LogP contribution in [-0.2, 0) is 11.3 Å². The van der Waals surface area contributed by atoms with Crippen LogP contribution in [0.1, 0.15) is 31.7 Å². The fourth-order valence-electron chi connectivity index (χ4n) is 2.05. The van der Waals surface area contributed by atoms with Crippen LogP contribution in [0.5, 0.6) is 0 Å². The van der Waals surface area contributed by atoms with E-state index in [9.17, 15) is 14.9 Å². The minimum absolute atomic E-state index is 0.00295. The standard InChI is InChI=1S/C15H22ClN3O3/c1-3-4-5-8-17-15(20)11-18(2)10-12-9-13(19(21)22)6-7-14(12)16/h6-7,9H,3-5,8,10-11H2,1-2H3,(H,17,20). The Morgan fingerprint density at radius 3 is 2.77 bits per heavy atom. The molecule has 0 fully saturated rings. The molecule has 6 nitrogen and oxygen atoms in total. The number of nitrogens with one attached hydrogen (secondary N) is 1. The van der Waals surface area contributed by atoms with Crippen molar-refractivity contribution >= 4 is 23.2 Å². The van der Waals surface area contributed by atoms with Crippen LogP contribution in [0.2, 0.25) is 5.02 Å². The average molecular weight is 328 g/mol. The zero-order chi connectivity index (χ0) is 16.5. The van der Waals surface area contributed by atoms with E-state index in [0.29, 0.717) is 23.7 Å². The lowest BCUT2D eigenvalue weighted by Gasteiger charge is -2.17. The van der Waals surface area contributed by atoms with E-state index in [0.717, 1.165) is 19.3 Å². The maximum absolute atomic E-state index is 11.8. The van der Waals surface area contributed by atoms with E-state index in [-0.39, 0.29) is 18.1 Å². The third-order valence-electron chi connectivity index (χ3n) is 3.20. The number of unbranched alkanes of at least 4 members (excludes halogenated alkanes) is 2. The van der Waals surface area contributed by atoms with Gasteiger partial charge in [-0.25, -0.2) is 0 Å². The van der Waals surface area contributed by atoms with Gasteiger partial charge >= 0.3 is 0 Å². The summed E-state index contributed by atoms with van der Waals surface area (Å²) in [6.07, 6.45) is 3.18. The molecule has 0 saturated carbocycles. The number of rotatable bonds is 9. The number of amides is 1. The van der Waals surface area contributed by atoms with E-state index >= 15 is 0 Å². The summed E-state index contributed by atoms with van der Waals surface area (Å²) in [5.41, 5.74) is 0.633. The van der Waals surface area contributed by atoms with E-state index < -0.39 is 4.92 Å². The number of nitro benzene ring substituents is 1. The molecular weight excluding hydrogens is 306 g/mol. The molecule has 0 saturated heterocycles. The highest BCUT2D eigenvalue weighted by Gasteiger charge is 2.13. The van der Waals surface area contributed by atoms with Crippen molar-refractivity contribution in [3.05, 3.63) is 38.9 Å². The Kier molecular flexibility index (Phi) is 7.84. The maximum atomic E-state index is 11.8. The lowest BCUT2D eigenvalue weighted by Crippen LogP contribution is -2.35. The quantitative estimate of drug-likeness (QED) is 0.430. The van der Waals surface area contributed by atoms with E-state index in [1.54, 1.807) is 11.9 Å². The van der Waals surface area contributed by atoms with Gasteiger partial charge in [0.2, 0.25) is 5.91 Å². The minimum Gasteiger partial charge on any atom is -0.355 e. The summed E-state index contributed by atoms with van der Waals surface area (Å²) in [6, 6.07) is 4.32. The van der Waals surface area contributed by atoms with Crippen LogP contribution in [0.3, 0.4) is 0 Å². The van der Waals surface area contributed by atoms with Gasteiger partial charge in [-0.15, -0.1) is 0 Å². The first-order chi connectivity index (χ1) is 10.4. The van der Waals surface area contributed by atoms with Gasteiger partial charge in [0.25, 0.3) is 5.69 Å². The molecule has 1 aromatic carbocycles. The van der Waals surface area contributed by atoms with Crippen molar-refractivity contribution in [2.45, 2.75) is 32.7 Å². The van der Waals surface area contributed by atoms with E-state index in [1.165, 1.54) is 18.2 Å². The van der Waals surface area contributed by atoms with Gasteiger partial charge < -0.3 is 5.32 Å². The molecule has 1 N–H and O–H groups in total. The van der Waals surface area contributed by atoms with Gasteiger partial charge in [-0.05, 0) is 25.1 Å². The summed E-state index contributed by atoms with van der Waals surface area (Å²) >= 11 is 6.05. The van der Waals surface area contributed by atoms with E-state index in [1.807, 2.05) is 0 Å². The highest BCUT2D eigenvalue weighted by molar-refractivity contribution is 6.31. The smallest absolute Gasteiger partial charge is 0.269 e. The molecule has 0 unspecified atom stereocenters. The van der Waals surface area contributed by atoms with Crippen molar-refractivity contribution in [3.63, 3.8) is 0 Å². The van der Waals surface area contributed by atoms with Crippen LogP contribution < -0.4 is 5.32 Å². The normalized spacial score (nSPS) is 10.7. The summed E-state index contributed by atoms with van der Waals surface area (Å²) in [6.45, 7) is 3.39. The summed E-state index contributed by atoms with van der Waals surface area (Å²) in [5, 5.41) is 14.1. The van der Waals surface area contributed by atoms with Crippen LogP contribution in [0.25, 0.3) is 0 Å². The zero-order valence-corrected chi connectivity index (χ0v) is 13.7. The molecule has 0 aliphatic rings. The average Bonchev–Trinajstić information content (AvgIpc) is 2.45. The first-order valence-corrected chi connectivity index (χ1v) is 7.70. The number of non-ortho nitro benzene ring substituents is 1. The van der Waals surface area contributed by atoms with Crippen LogP contribution in [0.15, 0.2) is 18.2 Å². The molecule has 0 aliphatic carbocycles. The Bertz CT molecular complexity index is 523. The van der Waals surface area contributed by atoms with Gasteiger partial charge in [0.15, 0.2) is 0 Å². The third kappa shape index (κ3) is 6.41. The first-order valence-electron chi connectivity index (χ1n) is 7.32. The highest BCUT2D eigenvalue weighted by atomic mass is 35.5. The van der Waals surface area contributed by atoms with Gasteiger partial charge in [-0.1, -0.05) is 31.4 Å². The number of benzene rings is 1. The molecule has 1 aromatic rings. The molecule has 0 heterocycles. The molecule has 0 radical (unpaired) electrons. The predicted molar refractivity (Wildman–Crippen MR) is 87.0 cm³/mol. The molecule has 0 bridgehead atoms. The van der Waals surface area contributed by atoms with Crippen LogP contribution >= 0.6 is 11.6 Å². The summed E-state index contributed by atoms with van der Waals surface area (Å²) < 4.78 is 0. The monoisotopic (exact) mass is 327 g/mol. The maximum Gasteiger partial charge on any atom is 0.269 e. The fourth-order valence-corrected chi connectivity index (χ4v) is 2.22. The number of carbonyl (C=O) groups excluding carboxylic acids is 1. The predicted octanol–water partition coefficient (Wildman–Crippen LogP) is 2.99. The van der Waals surface area contributed by atoms with E-state index in [4.69, 9.17) is 11.6 Å². The topological polar surface area (TPSA) is 75.5 Å². The lowest BCUT2D eigenvalue weighted by atomic mass is 10.2. The molecule has 0 spiro atoms. The number of hydrogen-bond donors (Lipinski definition) is 1. The first kappa shape index (κ1) is 18.4. The zero-order valence-electron chi connectivity index (χ0n) is 13.0. The van der Waals surface area contributed by atoms with Gasteiger partial charge in [0.1, 0.15) is 0 Å². The van der Waals surface area contributed by atoms with Crippen molar-refractivity contribution in [1.82, 2.24) is 10.2 Å². The summed E-state index contributed by atoms with van der Waals surface area (Å²) in [7, 11) is 1.78. The Morgan fingerprint density at radius 1 is 1.41 bits per heavy atom. The summed E-state index contributed by atoms with van der Waals surface area (Å²) in [4.78, 5) is 23.9. The van der Waals surface area contributed by atoms with Crippen LogP contribution in [0, 0.1) is 10.1 Å². The molecule has 0 aromatic heterocycles. The Balaban J connectivity index is 2.50. The number of nitrogens with zero attached hydrogens (tertiary/aromatic N) is 2. The lowest BCUT2D eigenvalue weighted by molar-refractivity contribution is -0.384. The number of likely N-dealkylation sites (N-methyl/N-ethyl adjacent to an activating group) is 1. The van der Waals surface area contributed by atoms with Gasteiger partial charge in [0, 0.05) is 30.2 Å². The van der Waals surface area contributed by atoms with Gasteiger partial charge in [0.05, 0.1) is 11.5 Å². The minimum atomic E-state index is -0.458. The van der Waals surface area contributed by atoms with Crippen molar-refractivity contribution < 1.29 is 9.72 Å².